The molecule has 0 fully saturated rings. The Morgan fingerprint density at radius 2 is 1.69 bits per heavy atom. The fraction of sp³-hybridized carbons (Fsp3) is 0.238. The summed E-state index contributed by atoms with van der Waals surface area (Å²) in [5.74, 6) is -0.479. The number of ether oxygens (including phenoxy) is 2. The Balaban J connectivity index is 2.05. The minimum Gasteiger partial charge on any atom is -0.465 e. The van der Waals surface area contributed by atoms with Crippen LogP contribution in [-0.4, -0.2) is 44.1 Å². The first-order valence-electron chi connectivity index (χ1n) is 8.32. The van der Waals surface area contributed by atoms with Gasteiger partial charge in [-0.3, -0.25) is 4.79 Å². The van der Waals surface area contributed by atoms with E-state index < -0.39 is 0 Å². The number of benzene rings is 2. The number of hydrogen-bond donors (Lipinski definition) is 0. The predicted molar refractivity (Wildman–Crippen MR) is 101 cm³/mol. The van der Waals surface area contributed by atoms with Crippen LogP contribution in [0.3, 0.4) is 0 Å². The summed E-state index contributed by atoms with van der Waals surface area (Å²) in [7, 11) is 2.96. The van der Waals surface area contributed by atoms with Gasteiger partial charge >= 0.3 is 5.97 Å². The molecule has 0 aliphatic carbocycles. The Morgan fingerprint density at radius 3 is 2.31 bits per heavy atom. The summed E-state index contributed by atoms with van der Waals surface area (Å²) in [4.78, 5) is 25.7. The van der Waals surface area contributed by atoms with Crippen molar-refractivity contribution in [1.82, 2.24) is 4.90 Å². The molecule has 0 heterocycles. The lowest BCUT2D eigenvalue weighted by molar-refractivity contribution is -0.127. The van der Waals surface area contributed by atoms with Gasteiger partial charge in [-0.25, -0.2) is 4.79 Å². The van der Waals surface area contributed by atoms with Crippen LogP contribution in [0.15, 0.2) is 60.7 Å². The molecule has 5 heteroatoms. The number of methoxy groups -OCH3 is 2. The molecule has 0 N–H and O–H groups in total. The van der Waals surface area contributed by atoms with E-state index in [1.807, 2.05) is 30.3 Å². The van der Waals surface area contributed by atoms with Crippen LogP contribution in [0.1, 0.15) is 21.5 Å². The molecule has 0 radical (unpaired) electrons. The van der Waals surface area contributed by atoms with Gasteiger partial charge in [-0.2, -0.15) is 0 Å². The number of rotatable bonds is 8. The van der Waals surface area contributed by atoms with Crippen LogP contribution in [-0.2, 0) is 20.8 Å². The van der Waals surface area contributed by atoms with Crippen molar-refractivity contribution in [2.45, 2.75) is 6.54 Å². The van der Waals surface area contributed by atoms with Crippen molar-refractivity contribution in [2.75, 3.05) is 27.4 Å². The van der Waals surface area contributed by atoms with Gasteiger partial charge in [-0.15, -0.1) is 0 Å². The molecule has 0 spiro atoms. The summed E-state index contributed by atoms with van der Waals surface area (Å²) in [6.07, 6.45) is 3.26. The first-order chi connectivity index (χ1) is 12.6. The first-order valence-corrected chi connectivity index (χ1v) is 8.32. The molecule has 0 bridgehead atoms. The summed E-state index contributed by atoms with van der Waals surface area (Å²) < 4.78 is 9.78. The Kier molecular flexibility index (Phi) is 7.58. The van der Waals surface area contributed by atoms with Crippen LogP contribution in [0.25, 0.3) is 6.08 Å². The Hall–Kier alpha value is -2.92. The monoisotopic (exact) mass is 353 g/mol. The molecule has 0 saturated heterocycles. The second-order valence-electron chi connectivity index (χ2n) is 5.69. The van der Waals surface area contributed by atoms with E-state index in [2.05, 4.69) is 4.74 Å². The number of nitrogens with zero attached hydrogens (tertiary/aromatic N) is 1. The molecule has 0 atom stereocenters. The fourth-order valence-corrected chi connectivity index (χ4v) is 2.39. The number of hydrogen-bond acceptors (Lipinski definition) is 4. The van der Waals surface area contributed by atoms with E-state index in [-0.39, 0.29) is 11.9 Å². The molecule has 0 saturated carbocycles. The van der Waals surface area contributed by atoms with Crippen LogP contribution in [0.2, 0.25) is 0 Å². The van der Waals surface area contributed by atoms with E-state index in [0.29, 0.717) is 25.3 Å². The van der Waals surface area contributed by atoms with Gasteiger partial charge in [0, 0.05) is 26.3 Å². The largest absolute Gasteiger partial charge is 0.465 e. The van der Waals surface area contributed by atoms with Gasteiger partial charge in [-0.1, -0.05) is 42.5 Å². The van der Waals surface area contributed by atoms with E-state index in [4.69, 9.17) is 4.74 Å². The minimum absolute atomic E-state index is 0.0945. The maximum absolute atomic E-state index is 12.6. The smallest absolute Gasteiger partial charge is 0.337 e. The predicted octanol–water partition coefficient (Wildman–Crippen LogP) is 3.16. The van der Waals surface area contributed by atoms with Crippen molar-refractivity contribution < 1.29 is 19.1 Å². The molecule has 2 aromatic rings. The summed E-state index contributed by atoms with van der Waals surface area (Å²) in [6.45, 7) is 1.50. The lowest BCUT2D eigenvalue weighted by Gasteiger charge is -2.21. The topological polar surface area (TPSA) is 55.8 Å². The molecule has 26 heavy (non-hydrogen) atoms. The highest BCUT2D eigenvalue weighted by Gasteiger charge is 2.11. The number of carbonyl (C=O) groups is 2. The van der Waals surface area contributed by atoms with Crippen molar-refractivity contribution in [1.29, 1.82) is 0 Å². The molecule has 5 nitrogen and oxygen atoms in total. The molecule has 0 aliphatic heterocycles. The summed E-state index contributed by atoms with van der Waals surface area (Å²) in [6, 6.07) is 16.7. The van der Waals surface area contributed by atoms with Crippen molar-refractivity contribution in [2.24, 2.45) is 0 Å². The second kappa shape index (κ2) is 10.2. The van der Waals surface area contributed by atoms with Gasteiger partial charge in [0.2, 0.25) is 5.91 Å². The van der Waals surface area contributed by atoms with Gasteiger partial charge in [-0.05, 0) is 29.3 Å². The molecule has 136 valence electrons. The van der Waals surface area contributed by atoms with Crippen LogP contribution < -0.4 is 0 Å². The summed E-state index contributed by atoms with van der Waals surface area (Å²) >= 11 is 0. The van der Waals surface area contributed by atoms with Crippen molar-refractivity contribution >= 4 is 18.0 Å². The average Bonchev–Trinajstić information content (AvgIpc) is 2.69. The van der Waals surface area contributed by atoms with Gasteiger partial charge in [0.15, 0.2) is 0 Å². The molecule has 2 aromatic carbocycles. The standard InChI is InChI=1S/C21H23NO4/c1-25-15-14-22(16-18-6-4-3-5-7-18)20(23)13-10-17-8-11-19(12-9-17)21(24)26-2/h3-13H,14-16H2,1-2H3. The lowest BCUT2D eigenvalue weighted by atomic mass is 10.1. The normalized spacial score (nSPS) is 10.7. The average molecular weight is 353 g/mol. The zero-order valence-electron chi connectivity index (χ0n) is 15.1. The third-order valence-corrected chi connectivity index (χ3v) is 3.84. The second-order valence-corrected chi connectivity index (χ2v) is 5.69. The highest BCUT2D eigenvalue weighted by atomic mass is 16.5. The number of amides is 1. The first kappa shape index (κ1) is 19.4. The molecule has 0 aliphatic rings. The zero-order valence-corrected chi connectivity index (χ0v) is 15.1. The summed E-state index contributed by atoms with van der Waals surface area (Å²) in [5, 5.41) is 0. The van der Waals surface area contributed by atoms with Crippen LogP contribution >= 0.6 is 0 Å². The van der Waals surface area contributed by atoms with E-state index in [1.165, 1.54) is 13.2 Å². The maximum Gasteiger partial charge on any atom is 0.337 e. The molecular formula is C21H23NO4. The highest BCUT2D eigenvalue weighted by molar-refractivity contribution is 5.92. The molecule has 0 aromatic heterocycles. The van der Waals surface area contributed by atoms with E-state index in [0.717, 1.165) is 11.1 Å². The SMILES string of the molecule is COCCN(Cc1ccccc1)C(=O)C=Cc1ccc(C(=O)OC)cc1. The molecular weight excluding hydrogens is 330 g/mol. The number of carbonyl (C=O) groups excluding carboxylic acids is 2. The van der Waals surface area contributed by atoms with Gasteiger partial charge in [0.1, 0.15) is 0 Å². The van der Waals surface area contributed by atoms with Crippen LogP contribution in [0, 0.1) is 0 Å². The Morgan fingerprint density at radius 1 is 1.00 bits per heavy atom. The number of esters is 1. The third-order valence-electron chi connectivity index (χ3n) is 3.84. The van der Waals surface area contributed by atoms with Crippen LogP contribution in [0.5, 0.6) is 0 Å². The lowest BCUT2D eigenvalue weighted by Crippen LogP contribution is -2.32. The van der Waals surface area contributed by atoms with E-state index >= 15 is 0 Å². The zero-order chi connectivity index (χ0) is 18.8. The maximum atomic E-state index is 12.6. The van der Waals surface area contributed by atoms with Gasteiger partial charge in [0.25, 0.3) is 0 Å². The molecule has 2 rings (SSSR count). The van der Waals surface area contributed by atoms with Gasteiger partial charge in [0.05, 0.1) is 19.3 Å². The van der Waals surface area contributed by atoms with Crippen molar-refractivity contribution in [3.8, 4) is 0 Å². The molecule has 0 unspecified atom stereocenters. The highest BCUT2D eigenvalue weighted by Crippen LogP contribution is 2.09. The Labute approximate surface area is 153 Å². The van der Waals surface area contributed by atoms with Crippen molar-refractivity contribution in [3.05, 3.63) is 77.4 Å². The van der Waals surface area contributed by atoms with Gasteiger partial charge < -0.3 is 14.4 Å². The Bertz CT molecular complexity index is 738. The minimum atomic E-state index is -0.384. The quantitative estimate of drug-likeness (QED) is 0.540. The van der Waals surface area contributed by atoms with E-state index in [9.17, 15) is 9.59 Å². The van der Waals surface area contributed by atoms with Crippen molar-refractivity contribution in [3.63, 3.8) is 0 Å². The molecule has 1 amide bonds. The van der Waals surface area contributed by atoms with Crippen LogP contribution in [0.4, 0.5) is 0 Å². The third kappa shape index (κ3) is 5.86. The van der Waals surface area contributed by atoms with E-state index in [1.54, 1.807) is 42.4 Å². The summed E-state index contributed by atoms with van der Waals surface area (Å²) in [5.41, 5.74) is 2.37. The fourth-order valence-electron chi connectivity index (χ4n) is 2.39.